The van der Waals surface area contributed by atoms with Crippen LogP contribution in [0.2, 0.25) is 0 Å². The van der Waals surface area contributed by atoms with Crippen molar-refractivity contribution >= 4 is 6.09 Å². The molecular formula is C18H28N2O2. The van der Waals surface area contributed by atoms with Crippen LogP contribution in [0.3, 0.4) is 0 Å². The van der Waals surface area contributed by atoms with Crippen LogP contribution in [-0.4, -0.2) is 48.2 Å². The maximum absolute atomic E-state index is 12.0. The number of carbonyl (C=O) groups is 1. The normalized spacial score (nSPS) is 19.2. The van der Waals surface area contributed by atoms with Gasteiger partial charge in [-0.25, -0.2) is 4.79 Å². The van der Waals surface area contributed by atoms with Crippen molar-refractivity contribution in [2.75, 3.05) is 26.7 Å². The van der Waals surface area contributed by atoms with Crippen LogP contribution in [0.15, 0.2) is 30.3 Å². The zero-order chi connectivity index (χ0) is 16.2. The number of rotatable bonds is 4. The highest BCUT2D eigenvalue weighted by Crippen LogP contribution is 2.20. The van der Waals surface area contributed by atoms with E-state index in [1.54, 1.807) is 4.90 Å². The third-order valence-electron chi connectivity index (χ3n) is 3.86. The lowest BCUT2D eigenvalue weighted by Gasteiger charge is -2.26. The minimum atomic E-state index is -0.430. The average molecular weight is 304 g/mol. The molecule has 1 aliphatic heterocycles. The second-order valence-electron chi connectivity index (χ2n) is 7.24. The molecule has 1 heterocycles. The van der Waals surface area contributed by atoms with Gasteiger partial charge in [0.25, 0.3) is 0 Å². The van der Waals surface area contributed by atoms with E-state index in [1.807, 2.05) is 33.9 Å². The molecule has 0 bridgehead atoms. The van der Waals surface area contributed by atoms with E-state index < -0.39 is 5.60 Å². The lowest BCUT2D eigenvalue weighted by molar-refractivity contribution is 0.0274. The molecule has 0 saturated carbocycles. The highest BCUT2D eigenvalue weighted by Gasteiger charge is 2.26. The number of carbonyl (C=O) groups excluding carboxylic acids is 1. The fourth-order valence-corrected chi connectivity index (χ4v) is 2.85. The predicted molar refractivity (Wildman–Crippen MR) is 88.7 cm³/mol. The third kappa shape index (κ3) is 5.34. The molecule has 4 heteroatoms. The van der Waals surface area contributed by atoms with Crippen molar-refractivity contribution in [1.29, 1.82) is 0 Å². The molecule has 1 saturated heterocycles. The summed E-state index contributed by atoms with van der Waals surface area (Å²) in [7, 11) is 1.83. The Hall–Kier alpha value is -1.55. The lowest BCUT2D eigenvalue weighted by Crippen LogP contribution is -2.37. The standard InChI is InChI=1S/C18H28N2O2/c1-18(2,3)22-17(21)19(4)12-16-10-11-20(14-16)13-15-8-6-5-7-9-15/h5-9,16H,10-14H2,1-4H3/t16-/m0/s1. The monoisotopic (exact) mass is 304 g/mol. The van der Waals surface area contributed by atoms with Crippen LogP contribution in [0.25, 0.3) is 0 Å². The second-order valence-corrected chi connectivity index (χ2v) is 7.24. The van der Waals surface area contributed by atoms with Gasteiger partial charge in [-0.3, -0.25) is 4.90 Å². The number of likely N-dealkylation sites (tertiary alicyclic amines) is 1. The number of nitrogens with zero attached hydrogens (tertiary/aromatic N) is 2. The Labute approximate surface area is 134 Å². The quantitative estimate of drug-likeness (QED) is 0.855. The molecule has 22 heavy (non-hydrogen) atoms. The Kier molecular flexibility index (Phi) is 5.46. The summed E-state index contributed by atoms with van der Waals surface area (Å²) >= 11 is 0. The van der Waals surface area contributed by atoms with E-state index in [1.165, 1.54) is 5.56 Å². The number of hydrogen-bond acceptors (Lipinski definition) is 3. The van der Waals surface area contributed by atoms with Crippen LogP contribution in [0.1, 0.15) is 32.8 Å². The lowest BCUT2D eigenvalue weighted by atomic mass is 10.1. The van der Waals surface area contributed by atoms with E-state index >= 15 is 0 Å². The summed E-state index contributed by atoms with van der Waals surface area (Å²) in [5.41, 5.74) is 0.920. The molecule has 0 N–H and O–H groups in total. The Morgan fingerprint density at radius 2 is 2.00 bits per heavy atom. The first-order valence-electron chi connectivity index (χ1n) is 8.04. The van der Waals surface area contributed by atoms with Gasteiger partial charge in [0, 0.05) is 26.7 Å². The van der Waals surface area contributed by atoms with Crippen molar-refractivity contribution in [3.05, 3.63) is 35.9 Å². The zero-order valence-corrected chi connectivity index (χ0v) is 14.2. The van der Waals surface area contributed by atoms with E-state index in [9.17, 15) is 4.79 Å². The van der Waals surface area contributed by atoms with Gasteiger partial charge in [0.2, 0.25) is 0 Å². The first-order chi connectivity index (χ1) is 10.3. The third-order valence-corrected chi connectivity index (χ3v) is 3.86. The van der Waals surface area contributed by atoms with Crippen LogP contribution >= 0.6 is 0 Å². The molecule has 0 aromatic heterocycles. The SMILES string of the molecule is CN(C[C@@H]1CCN(Cc2ccccc2)C1)C(=O)OC(C)(C)C. The maximum atomic E-state index is 12.0. The molecule has 4 nitrogen and oxygen atoms in total. The molecule has 1 fully saturated rings. The largest absolute Gasteiger partial charge is 0.444 e. The number of hydrogen-bond donors (Lipinski definition) is 0. The number of amides is 1. The first-order valence-corrected chi connectivity index (χ1v) is 8.04. The van der Waals surface area contributed by atoms with Crippen LogP contribution in [0, 0.1) is 5.92 Å². The first kappa shape index (κ1) is 16.8. The van der Waals surface area contributed by atoms with Crippen molar-refractivity contribution < 1.29 is 9.53 Å². The second kappa shape index (κ2) is 7.14. The van der Waals surface area contributed by atoms with Crippen molar-refractivity contribution in [2.24, 2.45) is 5.92 Å². The van der Waals surface area contributed by atoms with Gasteiger partial charge in [-0.2, -0.15) is 0 Å². The highest BCUT2D eigenvalue weighted by atomic mass is 16.6. The predicted octanol–water partition coefficient (Wildman–Crippen LogP) is 3.38. The van der Waals surface area contributed by atoms with Crippen LogP contribution < -0.4 is 0 Å². The molecule has 1 aromatic carbocycles. The van der Waals surface area contributed by atoms with Gasteiger partial charge < -0.3 is 9.64 Å². The molecule has 1 amide bonds. The zero-order valence-electron chi connectivity index (χ0n) is 14.2. The van der Waals surface area contributed by atoms with Gasteiger partial charge in [0.15, 0.2) is 0 Å². The summed E-state index contributed by atoms with van der Waals surface area (Å²) in [6.45, 7) is 9.60. The Morgan fingerprint density at radius 3 is 2.64 bits per heavy atom. The summed E-state index contributed by atoms with van der Waals surface area (Å²) in [5.74, 6) is 0.529. The average Bonchev–Trinajstić information content (AvgIpc) is 2.85. The summed E-state index contributed by atoms with van der Waals surface area (Å²) < 4.78 is 5.41. The van der Waals surface area contributed by atoms with Crippen LogP contribution in [0.5, 0.6) is 0 Å². The van der Waals surface area contributed by atoms with E-state index in [-0.39, 0.29) is 6.09 Å². The molecule has 1 aliphatic rings. The van der Waals surface area contributed by atoms with Crippen molar-refractivity contribution in [2.45, 2.75) is 39.3 Å². The molecule has 0 spiro atoms. The van der Waals surface area contributed by atoms with Gasteiger partial charge in [0.05, 0.1) is 0 Å². The molecular weight excluding hydrogens is 276 g/mol. The smallest absolute Gasteiger partial charge is 0.410 e. The Balaban J connectivity index is 1.77. The van der Waals surface area contributed by atoms with E-state index in [4.69, 9.17) is 4.74 Å². The number of ether oxygens (including phenoxy) is 1. The summed E-state index contributed by atoms with van der Waals surface area (Å²) in [4.78, 5) is 16.2. The molecule has 1 atom stereocenters. The summed E-state index contributed by atoms with van der Waals surface area (Å²) in [5, 5.41) is 0. The maximum Gasteiger partial charge on any atom is 0.410 e. The molecule has 0 radical (unpaired) electrons. The topological polar surface area (TPSA) is 32.8 Å². The summed E-state index contributed by atoms with van der Waals surface area (Å²) in [6.07, 6.45) is 0.911. The fraction of sp³-hybridized carbons (Fsp3) is 0.611. The van der Waals surface area contributed by atoms with Crippen molar-refractivity contribution in [3.63, 3.8) is 0 Å². The molecule has 122 valence electrons. The van der Waals surface area contributed by atoms with Crippen molar-refractivity contribution in [3.8, 4) is 0 Å². The van der Waals surface area contributed by atoms with Crippen molar-refractivity contribution in [1.82, 2.24) is 9.80 Å². The number of benzene rings is 1. The van der Waals surface area contributed by atoms with E-state index in [2.05, 4.69) is 29.2 Å². The Bertz CT molecular complexity index is 482. The van der Waals surface area contributed by atoms with E-state index in [0.29, 0.717) is 5.92 Å². The minimum absolute atomic E-state index is 0.228. The van der Waals surface area contributed by atoms with E-state index in [0.717, 1.165) is 32.6 Å². The summed E-state index contributed by atoms with van der Waals surface area (Å²) in [6, 6.07) is 10.5. The molecule has 1 aromatic rings. The minimum Gasteiger partial charge on any atom is -0.444 e. The fourth-order valence-electron chi connectivity index (χ4n) is 2.85. The molecule has 0 aliphatic carbocycles. The van der Waals surface area contributed by atoms with Gasteiger partial charge in [-0.1, -0.05) is 30.3 Å². The molecule has 0 unspecified atom stereocenters. The highest BCUT2D eigenvalue weighted by molar-refractivity contribution is 5.67. The van der Waals surface area contributed by atoms with Gasteiger partial charge in [-0.15, -0.1) is 0 Å². The van der Waals surface area contributed by atoms with Gasteiger partial charge in [-0.05, 0) is 45.2 Å². The Morgan fingerprint density at radius 1 is 1.32 bits per heavy atom. The van der Waals surface area contributed by atoms with Gasteiger partial charge >= 0.3 is 6.09 Å². The molecule has 2 rings (SSSR count). The van der Waals surface area contributed by atoms with Gasteiger partial charge in [0.1, 0.15) is 5.60 Å². The van der Waals surface area contributed by atoms with Crippen LogP contribution in [0.4, 0.5) is 4.79 Å². The van der Waals surface area contributed by atoms with Crippen LogP contribution in [-0.2, 0) is 11.3 Å².